The molecule has 0 aliphatic carbocycles. The molecule has 5 nitrogen and oxygen atoms in total. The van der Waals surface area contributed by atoms with Crippen molar-refractivity contribution in [3.63, 3.8) is 0 Å². The zero-order chi connectivity index (χ0) is 17.2. The second-order valence-corrected chi connectivity index (χ2v) is 6.03. The Morgan fingerprint density at radius 2 is 1.84 bits per heavy atom. The van der Waals surface area contributed by atoms with Gasteiger partial charge >= 0.3 is 0 Å². The molecule has 124 valence electrons. The molecule has 1 aromatic heterocycles. The lowest BCUT2D eigenvalue weighted by Crippen LogP contribution is -2.26. The fourth-order valence-corrected chi connectivity index (χ4v) is 3.15. The highest BCUT2D eigenvalue weighted by atomic mass is 16.2. The molecule has 25 heavy (non-hydrogen) atoms. The fourth-order valence-electron chi connectivity index (χ4n) is 3.15. The number of hydrogen-bond acceptors (Lipinski definition) is 4. The molecule has 1 unspecified atom stereocenters. The van der Waals surface area contributed by atoms with Crippen LogP contribution in [0.4, 0.5) is 0 Å². The molecule has 1 aliphatic heterocycles. The van der Waals surface area contributed by atoms with Gasteiger partial charge in [-0.3, -0.25) is 14.8 Å². The number of benzene rings is 2. The molecular weight excluding hydrogens is 312 g/mol. The van der Waals surface area contributed by atoms with Crippen molar-refractivity contribution < 1.29 is 4.79 Å². The van der Waals surface area contributed by atoms with Gasteiger partial charge in [0.2, 0.25) is 5.91 Å². The minimum absolute atomic E-state index is 0.0233. The summed E-state index contributed by atoms with van der Waals surface area (Å²) in [7, 11) is 0. The summed E-state index contributed by atoms with van der Waals surface area (Å²) in [6, 6.07) is 15.9. The topological polar surface area (TPSA) is 58.5 Å². The number of hydrazone groups is 1. The first kappa shape index (κ1) is 15.4. The Kier molecular flexibility index (Phi) is 3.98. The van der Waals surface area contributed by atoms with Crippen molar-refractivity contribution in [3.05, 3.63) is 72.1 Å². The van der Waals surface area contributed by atoms with Crippen LogP contribution in [0.3, 0.4) is 0 Å². The quantitative estimate of drug-likeness (QED) is 0.735. The molecule has 0 fully saturated rings. The van der Waals surface area contributed by atoms with E-state index in [0.29, 0.717) is 12.8 Å². The fraction of sp³-hybridized carbons (Fsp3) is 0.200. The monoisotopic (exact) mass is 330 g/mol. The SMILES string of the molecule is CCC(=O)N1N=C(c2ccccc2)CC1c1ccc2nccnc2c1. The summed E-state index contributed by atoms with van der Waals surface area (Å²) in [4.78, 5) is 21.1. The normalized spacial score (nSPS) is 16.9. The van der Waals surface area contributed by atoms with E-state index in [-0.39, 0.29) is 11.9 Å². The van der Waals surface area contributed by atoms with E-state index >= 15 is 0 Å². The van der Waals surface area contributed by atoms with Crippen LogP contribution in [0.1, 0.15) is 36.9 Å². The number of carbonyl (C=O) groups is 1. The molecule has 1 aliphatic rings. The number of carbonyl (C=O) groups excluding carboxylic acids is 1. The molecule has 0 radical (unpaired) electrons. The minimum Gasteiger partial charge on any atom is -0.273 e. The Morgan fingerprint density at radius 3 is 2.60 bits per heavy atom. The van der Waals surface area contributed by atoms with E-state index in [1.54, 1.807) is 17.4 Å². The van der Waals surface area contributed by atoms with E-state index < -0.39 is 0 Å². The Hall–Kier alpha value is -3.08. The van der Waals surface area contributed by atoms with Crippen molar-refractivity contribution in [2.24, 2.45) is 5.10 Å². The van der Waals surface area contributed by atoms with Gasteiger partial charge in [-0.15, -0.1) is 0 Å². The highest BCUT2D eigenvalue weighted by Gasteiger charge is 2.32. The van der Waals surface area contributed by atoms with Crippen LogP contribution in [0.25, 0.3) is 11.0 Å². The van der Waals surface area contributed by atoms with Gasteiger partial charge in [0.1, 0.15) is 0 Å². The summed E-state index contributed by atoms with van der Waals surface area (Å²) in [6.07, 6.45) is 4.49. The highest BCUT2D eigenvalue weighted by molar-refractivity contribution is 6.03. The van der Waals surface area contributed by atoms with Gasteiger partial charge in [-0.2, -0.15) is 5.10 Å². The summed E-state index contributed by atoms with van der Waals surface area (Å²) in [5.74, 6) is 0.0233. The van der Waals surface area contributed by atoms with Gasteiger partial charge in [0, 0.05) is 25.2 Å². The number of fused-ring (bicyclic) bond motifs is 1. The molecule has 3 aromatic rings. The lowest BCUT2D eigenvalue weighted by molar-refractivity contribution is -0.132. The molecule has 1 atom stereocenters. The lowest BCUT2D eigenvalue weighted by atomic mass is 9.98. The molecule has 4 rings (SSSR count). The first-order valence-electron chi connectivity index (χ1n) is 8.42. The Morgan fingerprint density at radius 1 is 1.08 bits per heavy atom. The predicted octanol–water partition coefficient (Wildman–Crippen LogP) is 3.72. The Labute approximate surface area is 146 Å². The zero-order valence-corrected chi connectivity index (χ0v) is 14.0. The van der Waals surface area contributed by atoms with Crippen molar-refractivity contribution in [2.75, 3.05) is 0 Å². The van der Waals surface area contributed by atoms with E-state index in [2.05, 4.69) is 15.1 Å². The van der Waals surface area contributed by atoms with Crippen LogP contribution in [0.5, 0.6) is 0 Å². The van der Waals surface area contributed by atoms with Crippen molar-refractivity contribution in [1.29, 1.82) is 0 Å². The van der Waals surface area contributed by atoms with E-state index in [0.717, 1.165) is 27.9 Å². The second kappa shape index (κ2) is 6.43. The van der Waals surface area contributed by atoms with Gasteiger partial charge in [-0.1, -0.05) is 43.3 Å². The van der Waals surface area contributed by atoms with Crippen LogP contribution in [0, 0.1) is 0 Å². The average Bonchev–Trinajstić information content (AvgIpc) is 3.13. The van der Waals surface area contributed by atoms with Gasteiger partial charge < -0.3 is 0 Å². The third kappa shape index (κ3) is 2.89. The molecule has 1 amide bonds. The molecule has 0 bridgehead atoms. The standard InChI is InChI=1S/C20H18N4O/c1-2-20(25)24-19(13-17(23-24)14-6-4-3-5-7-14)15-8-9-16-18(12-15)22-11-10-21-16/h3-12,19H,2,13H2,1H3. The maximum Gasteiger partial charge on any atom is 0.242 e. The summed E-state index contributed by atoms with van der Waals surface area (Å²) in [5.41, 5.74) is 4.70. The highest BCUT2D eigenvalue weighted by Crippen LogP contribution is 2.34. The van der Waals surface area contributed by atoms with Crippen LogP contribution >= 0.6 is 0 Å². The zero-order valence-electron chi connectivity index (χ0n) is 14.0. The van der Waals surface area contributed by atoms with Crippen LogP contribution in [0.2, 0.25) is 0 Å². The van der Waals surface area contributed by atoms with Crippen molar-refractivity contribution in [3.8, 4) is 0 Å². The maximum absolute atomic E-state index is 12.4. The van der Waals surface area contributed by atoms with Crippen LogP contribution < -0.4 is 0 Å². The van der Waals surface area contributed by atoms with Gasteiger partial charge in [0.25, 0.3) is 0 Å². The molecule has 2 heterocycles. The molecule has 2 aromatic carbocycles. The number of aromatic nitrogens is 2. The summed E-state index contributed by atoms with van der Waals surface area (Å²) < 4.78 is 0. The molecule has 0 spiro atoms. The first-order chi connectivity index (χ1) is 12.3. The predicted molar refractivity (Wildman–Crippen MR) is 97.0 cm³/mol. The van der Waals surface area contributed by atoms with E-state index in [9.17, 15) is 4.79 Å². The third-order valence-corrected chi connectivity index (χ3v) is 4.45. The van der Waals surface area contributed by atoms with Gasteiger partial charge in [-0.05, 0) is 23.3 Å². The van der Waals surface area contributed by atoms with Gasteiger partial charge in [0.05, 0.1) is 22.8 Å². The number of hydrogen-bond donors (Lipinski definition) is 0. The Bertz CT molecular complexity index is 952. The van der Waals surface area contributed by atoms with Gasteiger partial charge in [-0.25, -0.2) is 5.01 Å². The van der Waals surface area contributed by atoms with Crippen LogP contribution in [-0.2, 0) is 4.79 Å². The van der Waals surface area contributed by atoms with Crippen LogP contribution in [0.15, 0.2) is 66.0 Å². The molecule has 0 N–H and O–H groups in total. The number of amides is 1. The van der Waals surface area contributed by atoms with Crippen molar-refractivity contribution in [1.82, 2.24) is 15.0 Å². The summed E-state index contributed by atoms with van der Waals surface area (Å²) in [6.45, 7) is 1.86. The van der Waals surface area contributed by atoms with Gasteiger partial charge in [0.15, 0.2) is 0 Å². The number of rotatable bonds is 3. The second-order valence-electron chi connectivity index (χ2n) is 6.03. The number of nitrogens with zero attached hydrogens (tertiary/aromatic N) is 4. The lowest BCUT2D eigenvalue weighted by Gasteiger charge is -2.21. The van der Waals surface area contributed by atoms with Crippen molar-refractivity contribution in [2.45, 2.75) is 25.8 Å². The average molecular weight is 330 g/mol. The maximum atomic E-state index is 12.4. The van der Waals surface area contributed by atoms with E-state index in [4.69, 9.17) is 0 Å². The largest absolute Gasteiger partial charge is 0.273 e. The van der Waals surface area contributed by atoms with E-state index in [1.165, 1.54) is 0 Å². The summed E-state index contributed by atoms with van der Waals surface area (Å²) in [5, 5.41) is 6.26. The molecular formula is C20H18N4O. The molecule has 0 saturated heterocycles. The first-order valence-corrected chi connectivity index (χ1v) is 8.42. The Balaban J connectivity index is 1.73. The van der Waals surface area contributed by atoms with E-state index in [1.807, 2.05) is 55.5 Å². The minimum atomic E-state index is -0.103. The summed E-state index contributed by atoms with van der Waals surface area (Å²) >= 11 is 0. The van der Waals surface area contributed by atoms with Crippen LogP contribution in [-0.4, -0.2) is 26.6 Å². The molecule has 0 saturated carbocycles. The van der Waals surface area contributed by atoms with Crippen molar-refractivity contribution >= 4 is 22.7 Å². The molecule has 5 heteroatoms. The smallest absolute Gasteiger partial charge is 0.242 e. The third-order valence-electron chi connectivity index (χ3n) is 4.45.